The number of nitrogens with zero attached hydrogens (tertiary/aromatic N) is 2. The Morgan fingerprint density at radius 2 is 1.47 bits per heavy atom. The molecule has 0 saturated heterocycles. The number of hydrogen-bond acceptors (Lipinski definition) is 6. The van der Waals surface area contributed by atoms with Gasteiger partial charge in [0.2, 0.25) is 5.91 Å². The van der Waals surface area contributed by atoms with E-state index in [4.69, 9.17) is 17.3 Å². The molecule has 0 spiro atoms. The summed E-state index contributed by atoms with van der Waals surface area (Å²) in [6.07, 6.45) is -3.41. The number of nitrogens with one attached hydrogen (secondary N) is 3. The highest BCUT2D eigenvalue weighted by Gasteiger charge is 2.31. The smallest absolute Gasteiger partial charge is 0.393 e. The summed E-state index contributed by atoms with van der Waals surface area (Å²) < 4.78 is 39.3. The molecule has 1 heterocycles. The zero-order chi connectivity index (χ0) is 25.7. The Hall–Kier alpha value is -4.31. The van der Waals surface area contributed by atoms with Gasteiger partial charge < -0.3 is 11.1 Å². The van der Waals surface area contributed by atoms with Gasteiger partial charge in [-0.1, -0.05) is 72.3 Å². The fourth-order valence-electron chi connectivity index (χ4n) is 3.50. The molecule has 0 aliphatic rings. The minimum Gasteiger partial charge on any atom is -0.393 e. The molecule has 36 heavy (non-hydrogen) atoms. The molecule has 11 heteroatoms. The van der Waals surface area contributed by atoms with Gasteiger partial charge in [-0.05, 0) is 29.3 Å². The molecule has 0 radical (unpaired) electrons. The van der Waals surface area contributed by atoms with E-state index in [-0.39, 0.29) is 33.9 Å². The highest BCUT2D eigenvalue weighted by Crippen LogP contribution is 2.36. The van der Waals surface area contributed by atoms with Crippen molar-refractivity contribution >= 4 is 40.5 Å². The molecular weight excluding hydrogens is 493 g/mol. The highest BCUT2D eigenvalue weighted by molar-refractivity contribution is 6.33. The van der Waals surface area contributed by atoms with Gasteiger partial charge >= 0.3 is 6.18 Å². The number of amides is 1. The number of benzene rings is 3. The Kier molecular flexibility index (Phi) is 7.25. The lowest BCUT2D eigenvalue weighted by Crippen LogP contribution is -2.35. The molecule has 0 aliphatic heterocycles. The van der Waals surface area contributed by atoms with E-state index in [1.165, 1.54) is 0 Å². The molecule has 0 saturated carbocycles. The van der Waals surface area contributed by atoms with Crippen LogP contribution in [0.1, 0.15) is 22.6 Å². The number of nitrogens with two attached hydrogens (primary N) is 1. The van der Waals surface area contributed by atoms with Crippen molar-refractivity contribution in [3.8, 4) is 0 Å². The summed E-state index contributed by atoms with van der Waals surface area (Å²) in [7, 11) is 0. The molecule has 0 unspecified atom stereocenters. The Morgan fingerprint density at radius 3 is 2.06 bits per heavy atom. The average molecular weight is 513 g/mol. The van der Waals surface area contributed by atoms with E-state index < -0.39 is 17.7 Å². The first kappa shape index (κ1) is 24.8. The van der Waals surface area contributed by atoms with Crippen molar-refractivity contribution in [3.63, 3.8) is 0 Å². The Morgan fingerprint density at radius 1 is 0.889 bits per heavy atom. The van der Waals surface area contributed by atoms with Crippen molar-refractivity contribution in [3.05, 3.63) is 107 Å². The van der Waals surface area contributed by atoms with Gasteiger partial charge in [0, 0.05) is 0 Å². The largest absolute Gasteiger partial charge is 0.416 e. The molecule has 0 aliphatic carbocycles. The third-order valence-corrected chi connectivity index (χ3v) is 5.59. The monoisotopic (exact) mass is 512 g/mol. The van der Waals surface area contributed by atoms with Crippen LogP contribution in [0, 0.1) is 0 Å². The van der Waals surface area contributed by atoms with E-state index in [1.807, 2.05) is 60.7 Å². The lowest BCUT2D eigenvalue weighted by molar-refractivity contribution is -0.137. The number of carbonyl (C=O) groups is 1. The molecule has 7 nitrogen and oxygen atoms in total. The van der Waals surface area contributed by atoms with Gasteiger partial charge in [0.15, 0.2) is 11.6 Å². The Balaban J connectivity index is 1.54. The summed E-state index contributed by atoms with van der Waals surface area (Å²) >= 11 is 6.06. The number of carbonyl (C=O) groups excluding carboxylic acids is 1. The van der Waals surface area contributed by atoms with E-state index in [0.717, 1.165) is 35.7 Å². The van der Waals surface area contributed by atoms with Crippen LogP contribution >= 0.6 is 11.6 Å². The van der Waals surface area contributed by atoms with Crippen LogP contribution in [0.4, 0.5) is 36.2 Å². The third kappa shape index (κ3) is 5.66. The van der Waals surface area contributed by atoms with Crippen molar-refractivity contribution in [2.75, 3.05) is 16.5 Å². The fraction of sp³-hybridized carbons (Fsp3) is 0.0800. The van der Waals surface area contributed by atoms with E-state index in [1.54, 1.807) is 0 Å². The molecule has 1 amide bonds. The van der Waals surface area contributed by atoms with Crippen LogP contribution in [0.3, 0.4) is 0 Å². The first-order valence-corrected chi connectivity index (χ1v) is 11.0. The maximum atomic E-state index is 13.2. The summed E-state index contributed by atoms with van der Waals surface area (Å²) in [5, 5.41) is 2.73. The summed E-state index contributed by atoms with van der Waals surface area (Å²) in [6.45, 7) is 0. The molecule has 5 N–H and O–H groups in total. The molecule has 1 aromatic heterocycles. The summed E-state index contributed by atoms with van der Waals surface area (Å²) in [5.74, 6) is -0.945. The van der Waals surface area contributed by atoms with E-state index in [0.29, 0.717) is 0 Å². The fourth-order valence-corrected chi connectivity index (χ4v) is 3.66. The molecule has 0 fully saturated rings. The number of rotatable bonds is 7. The van der Waals surface area contributed by atoms with E-state index >= 15 is 0 Å². The van der Waals surface area contributed by atoms with Gasteiger partial charge in [-0.15, -0.1) is 0 Å². The van der Waals surface area contributed by atoms with Crippen molar-refractivity contribution < 1.29 is 18.0 Å². The molecule has 0 atom stereocenters. The average Bonchev–Trinajstić information content (AvgIpc) is 2.86. The van der Waals surface area contributed by atoms with Gasteiger partial charge in [-0.3, -0.25) is 15.6 Å². The van der Waals surface area contributed by atoms with Crippen LogP contribution in [0.2, 0.25) is 5.02 Å². The van der Waals surface area contributed by atoms with Crippen LogP contribution < -0.4 is 21.9 Å². The molecule has 0 bridgehead atoms. The van der Waals surface area contributed by atoms with Crippen LogP contribution in [0.25, 0.3) is 0 Å². The number of hydrogen-bond donors (Lipinski definition) is 4. The zero-order valence-electron chi connectivity index (χ0n) is 18.6. The topological polar surface area (TPSA) is 105 Å². The number of hydrazine groups is 1. The maximum absolute atomic E-state index is 13.2. The van der Waals surface area contributed by atoms with E-state index in [9.17, 15) is 18.0 Å². The van der Waals surface area contributed by atoms with Crippen molar-refractivity contribution in [2.45, 2.75) is 12.1 Å². The number of anilines is 4. The SMILES string of the molecule is Nc1c(NNC(=O)C(c2ccccc2)c2ccccc2)ncnc1Nc1cc(C(F)(F)F)ccc1Cl. The lowest BCUT2D eigenvalue weighted by atomic mass is 9.91. The Bertz CT molecular complexity index is 1310. The highest BCUT2D eigenvalue weighted by atomic mass is 35.5. The van der Waals surface area contributed by atoms with Gasteiger partial charge in [0.05, 0.1) is 22.2 Å². The van der Waals surface area contributed by atoms with Gasteiger partial charge in [-0.2, -0.15) is 13.2 Å². The van der Waals surface area contributed by atoms with Crippen LogP contribution in [0.5, 0.6) is 0 Å². The normalized spacial score (nSPS) is 11.2. The molecule has 4 rings (SSSR count). The summed E-state index contributed by atoms with van der Waals surface area (Å²) in [4.78, 5) is 21.2. The molecular formula is C25H20ClF3N6O. The minimum atomic E-state index is -4.55. The predicted molar refractivity (Wildman–Crippen MR) is 133 cm³/mol. The van der Waals surface area contributed by atoms with E-state index in [2.05, 4.69) is 26.1 Å². The standard InChI is InChI=1S/C25H20ClF3N6O/c26-18-12-11-17(25(27,28)29)13-19(18)33-22-21(30)23(32-14-31-22)34-35-24(36)20(15-7-3-1-4-8-15)16-9-5-2-6-10-16/h1-14,20H,30H2,(H,35,36)(H2,31,32,33,34). The van der Waals surface area contributed by atoms with Gasteiger partial charge in [0.1, 0.15) is 12.0 Å². The number of aromatic nitrogens is 2. The second-order valence-corrected chi connectivity index (χ2v) is 8.08. The number of nitrogen functional groups attached to an aromatic ring is 1. The molecule has 184 valence electrons. The minimum absolute atomic E-state index is 0.00522. The zero-order valence-corrected chi connectivity index (χ0v) is 19.3. The van der Waals surface area contributed by atoms with Crippen molar-refractivity contribution in [1.82, 2.24) is 15.4 Å². The van der Waals surface area contributed by atoms with Crippen LogP contribution in [0.15, 0.2) is 85.2 Å². The van der Waals surface area contributed by atoms with Crippen LogP contribution in [-0.2, 0) is 11.0 Å². The quantitative estimate of drug-likeness (QED) is 0.235. The third-order valence-electron chi connectivity index (χ3n) is 5.26. The maximum Gasteiger partial charge on any atom is 0.416 e. The number of halogens is 4. The molecule has 3 aromatic carbocycles. The first-order chi connectivity index (χ1) is 17.2. The van der Waals surface area contributed by atoms with Gasteiger partial charge in [-0.25, -0.2) is 9.97 Å². The predicted octanol–water partition coefficient (Wildman–Crippen LogP) is 5.75. The molecule has 4 aromatic rings. The second kappa shape index (κ2) is 10.5. The second-order valence-electron chi connectivity index (χ2n) is 7.67. The summed E-state index contributed by atoms with van der Waals surface area (Å²) in [5.41, 5.74) is 12.0. The van der Waals surface area contributed by atoms with Crippen molar-refractivity contribution in [1.29, 1.82) is 0 Å². The van der Waals surface area contributed by atoms with Crippen LogP contribution in [-0.4, -0.2) is 15.9 Å². The first-order valence-electron chi connectivity index (χ1n) is 10.6. The summed E-state index contributed by atoms with van der Waals surface area (Å²) in [6, 6.07) is 21.3. The van der Waals surface area contributed by atoms with Gasteiger partial charge in [0.25, 0.3) is 0 Å². The number of alkyl halides is 3. The Labute approximate surface area is 209 Å². The lowest BCUT2D eigenvalue weighted by Gasteiger charge is -2.19. The van der Waals surface area contributed by atoms with Crippen molar-refractivity contribution in [2.24, 2.45) is 0 Å².